The number of aliphatic carboxylic acids is 1. The van der Waals surface area contributed by atoms with E-state index in [4.69, 9.17) is 0 Å². The minimum Gasteiger partial charge on any atom is -0.481 e. The molecule has 0 spiro atoms. The van der Waals surface area contributed by atoms with Gasteiger partial charge in [-0.3, -0.25) is 4.79 Å². The summed E-state index contributed by atoms with van der Waals surface area (Å²) in [7, 11) is 0. The van der Waals surface area contributed by atoms with Crippen LogP contribution in [0.15, 0.2) is 30.3 Å². The normalized spacial score (nSPS) is 32.7. The van der Waals surface area contributed by atoms with Gasteiger partial charge >= 0.3 is 5.97 Å². The van der Waals surface area contributed by atoms with Gasteiger partial charge < -0.3 is 10.4 Å². The lowest BCUT2D eigenvalue weighted by atomic mass is 9.45. The summed E-state index contributed by atoms with van der Waals surface area (Å²) in [5, 5.41) is 13.0. The highest BCUT2D eigenvalue weighted by Crippen LogP contribution is 2.60. The number of carboxylic acids is 1. The van der Waals surface area contributed by atoms with Crippen LogP contribution in [0.1, 0.15) is 32.3 Å². The molecule has 0 aromatic heterocycles. The van der Waals surface area contributed by atoms with E-state index in [2.05, 4.69) is 31.3 Å². The quantitative estimate of drug-likeness (QED) is 0.897. The average molecular weight is 310 g/mol. The van der Waals surface area contributed by atoms with Gasteiger partial charge in [0, 0.05) is 12.6 Å². The fourth-order valence-corrected chi connectivity index (χ4v) is 4.17. The third kappa shape index (κ3) is 2.82. The van der Waals surface area contributed by atoms with Crippen molar-refractivity contribution in [3.05, 3.63) is 35.9 Å². The standard InChI is InChI=1S/C17H23NO2.ClH/c1-17(2)12-8-13(16(19)20)15(14(17)9-12)18-10-11-6-4-3-5-7-11;/h3-7,12-15,18H,8-10H2,1-2H3,(H,19,20);1H/t12-,13-,14-,15-;/m0./s1. The predicted octanol–water partition coefficient (Wildman–Crippen LogP) is 3.33. The van der Waals surface area contributed by atoms with E-state index in [0.717, 1.165) is 13.0 Å². The van der Waals surface area contributed by atoms with Crippen molar-refractivity contribution in [1.82, 2.24) is 5.32 Å². The van der Waals surface area contributed by atoms with Gasteiger partial charge in [0.25, 0.3) is 0 Å². The second kappa shape index (κ2) is 5.98. The maximum atomic E-state index is 11.5. The maximum absolute atomic E-state index is 11.5. The maximum Gasteiger partial charge on any atom is 0.308 e. The van der Waals surface area contributed by atoms with Gasteiger partial charge in [-0.1, -0.05) is 44.2 Å². The molecule has 4 heteroatoms. The Balaban J connectivity index is 0.00000161. The fourth-order valence-electron chi connectivity index (χ4n) is 4.17. The van der Waals surface area contributed by atoms with E-state index >= 15 is 0 Å². The summed E-state index contributed by atoms with van der Waals surface area (Å²) in [6, 6.07) is 10.3. The monoisotopic (exact) mass is 309 g/mol. The van der Waals surface area contributed by atoms with Gasteiger partial charge in [0.2, 0.25) is 0 Å². The first kappa shape index (κ1) is 16.3. The Kier molecular flexibility index (Phi) is 4.64. The van der Waals surface area contributed by atoms with Crippen LogP contribution in [0.4, 0.5) is 0 Å². The van der Waals surface area contributed by atoms with Crippen LogP contribution < -0.4 is 5.32 Å². The Hall–Kier alpha value is -1.06. The molecular formula is C17H24ClNO2. The molecule has 3 fully saturated rings. The first-order valence-electron chi connectivity index (χ1n) is 7.50. The summed E-state index contributed by atoms with van der Waals surface area (Å²) in [4.78, 5) is 11.5. The molecule has 3 saturated carbocycles. The number of nitrogens with one attached hydrogen (secondary N) is 1. The van der Waals surface area contributed by atoms with E-state index in [9.17, 15) is 9.90 Å². The van der Waals surface area contributed by atoms with E-state index < -0.39 is 5.97 Å². The third-order valence-corrected chi connectivity index (χ3v) is 5.65. The van der Waals surface area contributed by atoms with Crippen molar-refractivity contribution < 1.29 is 9.90 Å². The Labute approximate surface area is 132 Å². The number of fused-ring (bicyclic) bond motifs is 2. The van der Waals surface area contributed by atoms with E-state index in [-0.39, 0.29) is 24.4 Å². The van der Waals surface area contributed by atoms with Crippen LogP contribution in [0.2, 0.25) is 0 Å². The molecule has 4 rings (SSSR count). The van der Waals surface area contributed by atoms with Gasteiger partial charge in [-0.15, -0.1) is 12.4 Å². The van der Waals surface area contributed by atoms with E-state index in [0.29, 0.717) is 17.3 Å². The van der Waals surface area contributed by atoms with Crippen LogP contribution in [0, 0.1) is 23.2 Å². The number of rotatable bonds is 4. The van der Waals surface area contributed by atoms with Crippen LogP contribution in [-0.2, 0) is 11.3 Å². The van der Waals surface area contributed by atoms with Gasteiger partial charge in [-0.05, 0) is 35.7 Å². The molecule has 3 aliphatic carbocycles. The zero-order chi connectivity index (χ0) is 14.3. The molecular weight excluding hydrogens is 286 g/mol. The Morgan fingerprint density at radius 3 is 2.52 bits per heavy atom. The number of hydrogen-bond donors (Lipinski definition) is 2. The fraction of sp³-hybridized carbons (Fsp3) is 0.588. The smallest absolute Gasteiger partial charge is 0.308 e. The number of halogens is 1. The molecule has 3 aliphatic rings. The average Bonchev–Trinajstić information content (AvgIpc) is 2.45. The van der Waals surface area contributed by atoms with Crippen molar-refractivity contribution in [1.29, 1.82) is 0 Å². The van der Waals surface area contributed by atoms with Crippen LogP contribution >= 0.6 is 12.4 Å². The lowest BCUT2D eigenvalue weighted by Crippen LogP contribution is -2.63. The predicted molar refractivity (Wildman–Crippen MR) is 85.4 cm³/mol. The first-order valence-corrected chi connectivity index (χ1v) is 7.50. The highest BCUT2D eigenvalue weighted by Gasteiger charge is 2.59. The van der Waals surface area contributed by atoms with E-state index in [1.807, 2.05) is 18.2 Å². The van der Waals surface area contributed by atoms with Gasteiger partial charge in [0.1, 0.15) is 0 Å². The minimum atomic E-state index is -0.638. The summed E-state index contributed by atoms with van der Waals surface area (Å²) in [6.45, 7) is 5.34. The summed E-state index contributed by atoms with van der Waals surface area (Å²) in [6.07, 6.45) is 2.01. The molecule has 1 aromatic rings. The van der Waals surface area contributed by atoms with Crippen LogP contribution in [-0.4, -0.2) is 17.1 Å². The molecule has 21 heavy (non-hydrogen) atoms. The molecule has 0 amide bonds. The van der Waals surface area contributed by atoms with Crippen molar-refractivity contribution in [3.8, 4) is 0 Å². The first-order chi connectivity index (χ1) is 9.50. The van der Waals surface area contributed by atoms with Crippen molar-refractivity contribution in [2.75, 3.05) is 0 Å². The lowest BCUT2D eigenvalue weighted by Gasteiger charge is -2.62. The molecule has 3 nitrogen and oxygen atoms in total. The SMILES string of the molecule is CC1(C)[C@H]2C[C@H](C(=O)O)[C@H](NCc3ccccc3)[C@@H]1C2.Cl. The van der Waals surface area contributed by atoms with Gasteiger partial charge in [-0.25, -0.2) is 0 Å². The summed E-state index contributed by atoms with van der Waals surface area (Å²) in [5.74, 6) is 0.214. The molecule has 4 atom stereocenters. The molecule has 2 N–H and O–H groups in total. The Morgan fingerprint density at radius 1 is 1.29 bits per heavy atom. The summed E-state index contributed by atoms with van der Waals surface area (Å²) < 4.78 is 0. The number of carbonyl (C=O) groups is 1. The van der Waals surface area contributed by atoms with E-state index in [1.165, 1.54) is 12.0 Å². The third-order valence-electron chi connectivity index (χ3n) is 5.65. The zero-order valence-corrected chi connectivity index (χ0v) is 13.4. The number of benzene rings is 1. The molecule has 0 heterocycles. The van der Waals surface area contributed by atoms with E-state index in [1.54, 1.807) is 0 Å². The summed E-state index contributed by atoms with van der Waals surface area (Å²) >= 11 is 0. The topological polar surface area (TPSA) is 49.3 Å². The second-order valence-electron chi connectivity index (χ2n) is 6.93. The zero-order valence-electron chi connectivity index (χ0n) is 12.6. The van der Waals surface area contributed by atoms with Crippen LogP contribution in [0.5, 0.6) is 0 Å². The Bertz CT molecular complexity index is 503. The van der Waals surface area contributed by atoms with Crippen LogP contribution in [0.3, 0.4) is 0 Å². The highest BCUT2D eigenvalue weighted by molar-refractivity contribution is 5.85. The molecule has 0 aliphatic heterocycles. The Morgan fingerprint density at radius 2 is 1.95 bits per heavy atom. The van der Waals surface area contributed by atoms with Gasteiger partial charge in [0.15, 0.2) is 0 Å². The summed E-state index contributed by atoms with van der Waals surface area (Å²) in [5.41, 5.74) is 1.51. The molecule has 2 bridgehead atoms. The van der Waals surface area contributed by atoms with Gasteiger partial charge in [-0.2, -0.15) is 0 Å². The van der Waals surface area contributed by atoms with Crippen molar-refractivity contribution in [2.24, 2.45) is 23.2 Å². The minimum absolute atomic E-state index is 0. The molecule has 0 unspecified atom stereocenters. The molecule has 0 saturated heterocycles. The van der Waals surface area contributed by atoms with Crippen LogP contribution in [0.25, 0.3) is 0 Å². The van der Waals surface area contributed by atoms with Crippen molar-refractivity contribution in [3.63, 3.8) is 0 Å². The lowest BCUT2D eigenvalue weighted by molar-refractivity contribution is -0.162. The molecule has 1 aromatic carbocycles. The van der Waals surface area contributed by atoms with Gasteiger partial charge in [0.05, 0.1) is 5.92 Å². The highest BCUT2D eigenvalue weighted by atomic mass is 35.5. The largest absolute Gasteiger partial charge is 0.481 e. The number of hydrogen-bond acceptors (Lipinski definition) is 2. The van der Waals surface area contributed by atoms with Crippen molar-refractivity contribution in [2.45, 2.75) is 39.3 Å². The van der Waals surface area contributed by atoms with Crippen molar-refractivity contribution >= 4 is 18.4 Å². The molecule has 116 valence electrons. The molecule has 0 radical (unpaired) electrons. The second-order valence-corrected chi connectivity index (χ2v) is 6.93. The number of carboxylic acid groups (broad SMARTS) is 1.